The van der Waals surface area contributed by atoms with E-state index in [1.165, 1.54) is 18.4 Å². The van der Waals surface area contributed by atoms with Crippen molar-refractivity contribution in [1.29, 1.82) is 0 Å². The number of aryl methyl sites for hydroxylation is 1. The molecule has 0 fully saturated rings. The summed E-state index contributed by atoms with van der Waals surface area (Å²) in [5, 5.41) is 0. The van der Waals surface area contributed by atoms with Gasteiger partial charge in [0, 0.05) is 6.54 Å². The fraction of sp³-hybridized carbons (Fsp3) is 0.500. The molecule has 21 heavy (non-hydrogen) atoms. The first-order valence-electron chi connectivity index (χ1n) is 7.45. The molecular formula is C16H24N2O2S. The summed E-state index contributed by atoms with van der Waals surface area (Å²) in [4.78, 5) is 0.222. The van der Waals surface area contributed by atoms with Gasteiger partial charge in [0.05, 0.1) is 5.69 Å². The smallest absolute Gasteiger partial charge is 0.242 e. The quantitative estimate of drug-likeness (QED) is 0.648. The maximum Gasteiger partial charge on any atom is 0.242 e. The summed E-state index contributed by atoms with van der Waals surface area (Å²) in [5.41, 5.74) is 9.18. The standard InChI is InChI=1S/C16H24N2O2S/c1-12-8-9-15(17)16(13(12)2)21(19,20)18-11-10-14-6-4-3-5-7-14/h6,8-9,18H,3-5,7,10-11,17H2,1-2H3. The van der Waals surface area contributed by atoms with Crippen molar-refractivity contribution in [3.8, 4) is 0 Å². The second-order valence-corrected chi connectivity index (χ2v) is 7.39. The molecule has 0 radical (unpaired) electrons. The Morgan fingerprint density at radius 2 is 2.00 bits per heavy atom. The van der Waals surface area contributed by atoms with E-state index in [-0.39, 0.29) is 4.90 Å². The molecule has 0 saturated heterocycles. The molecule has 116 valence electrons. The Labute approximate surface area is 127 Å². The summed E-state index contributed by atoms with van der Waals surface area (Å²) >= 11 is 0. The number of hydrogen-bond acceptors (Lipinski definition) is 3. The Kier molecular flexibility index (Phi) is 5.06. The minimum Gasteiger partial charge on any atom is -0.398 e. The van der Waals surface area contributed by atoms with Gasteiger partial charge in [0.25, 0.3) is 0 Å². The third-order valence-corrected chi connectivity index (χ3v) is 5.76. The largest absolute Gasteiger partial charge is 0.398 e. The van der Waals surface area contributed by atoms with Crippen LogP contribution in [0.4, 0.5) is 5.69 Å². The van der Waals surface area contributed by atoms with Crippen LogP contribution < -0.4 is 10.5 Å². The summed E-state index contributed by atoms with van der Waals surface area (Å²) in [6.45, 7) is 4.12. The Bertz CT molecular complexity index is 648. The molecule has 1 aliphatic carbocycles. The Hall–Kier alpha value is -1.33. The average Bonchev–Trinajstić information content (AvgIpc) is 2.44. The predicted molar refractivity (Wildman–Crippen MR) is 86.7 cm³/mol. The molecule has 0 bridgehead atoms. The first-order valence-corrected chi connectivity index (χ1v) is 8.93. The monoisotopic (exact) mass is 308 g/mol. The van der Waals surface area contributed by atoms with E-state index in [0.717, 1.165) is 30.4 Å². The van der Waals surface area contributed by atoms with E-state index in [4.69, 9.17) is 5.73 Å². The third kappa shape index (κ3) is 3.86. The van der Waals surface area contributed by atoms with Crippen LogP contribution >= 0.6 is 0 Å². The van der Waals surface area contributed by atoms with Gasteiger partial charge in [0.1, 0.15) is 4.90 Å². The van der Waals surface area contributed by atoms with Gasteiger partial charge in [0.2, 0.25) is 10.0 Å². The first-order chi connectivity index (χ1) is 9.92. The van der Waals surface area contributed by atoms with E-state index < -0.39 is 10.0 Å². The molecule has 0 heterocycles. The van der Waals surface area contributed by atoms with Gasteiger partial charge < -0.3 is 5.73 Å². The number of nitrogen functional groups attached to an aromatic ring is 1. The molecule has 1 aromatic carbocycles. The van der Waals surface area contributed by atoms with Gasteiger partial charge in [-0.3, -0.25) is 0 Å². The molecule has 3 N–H and O–H groups in total. The lowest BCUT2D eigenvalue weighted by atomic mass is 9.97. The number of sulfonamides is 1. The lowest BCUT2D eigenvalue weighted by Gasteiger charge is -2.15. The number of anilines is 1. The van der Waals surface area contributed by atoms with Gasteiger partial charge in [-0.1, -0.05) is 17.7 Å². The van der Waals surface area contributed by atoms with Gasteiger partial charge in [-0.05, 0) is 63.1 Å². The molecule has 0 spiro atoms. The van der Waals surface area contributed by atoms with Crippen LogP contribution in [-0.2, 0) is 10.0 Å². The second kappa shape index (κ2) is 6.62. The fourth-order valence-electron chi connectivity index (χ4n) is 2.72. The number of nitrogens with one attached hydrogen (secondary N) is 1. The zero-order valence-corrected chi connectivity index (χ0v) is 13.6. The molecule has 0 amide bonds. The van der Waals surface area contributed by atoms with Crippen LogP contribution in [0.25, 0.3) is 0 Å². The minimum atomic E-state index is -3.55. The van der Waals surface area contributed by atoms with E-state index in [0.29, 0.717) is 12.2 Å². The molecule has 0 unspecified atom stereocenters. The Balaban J connectivity index is 2.08. The fourth-order valence-corrected chi connectivity index (χ4v) is 4.18. The third-order valence-electron chi connectivity index (χ3n) is 4.10. The zero-order valence-electron chi connectivity index (χ0n) is 12.8. The van der Waals surface area contributed by atoms with Crippen LogP contribution in [0.5, 0.6) is 0 Å². The summed E-state index contributed by atoms with van der Waals surface area (Å²) < 4.78 is 27.6. The molecule has 5 heteroatoms. The minimum absolute atomic E-state index is 0.222. The van der Waals surface area contributed by atoms with Crippen molar-refractivity contribution < 1.29 is 8.42 Å². The lowest BCUT2D eigenvalue weighted by Crippen LogP contribution is -2.27. The molecule has 0 atom stereocenters. The van der Waals surface area contributed by atoms with Crippen LogP contribution in [0.1, 0.15) is 43.2 Å². The molecule has 2 rings (SSSR count). The molecule has 4 nitrogen and oxygen atoms in total. The first kappa shape index (κ1) is 16.0. The van der Waals surface area contributed by atoms with Crippen molar-refractivity contribution in [2.24, 2.45) is 0 Å². The lowest BCUT2D eigenvalue weighted by molar-refractivity contribution is 0.579. The van der Waals surface area contributed by atoms with Gasteiger partial charge in [-0.25, -0.2) is 13.1 Å². The van der Waals surface area contributed by atoms with Crippen molar-refractivity contribution in [1.82, 2.24) is 4.72 Å². The summed E-state index contributed by atoms with van der Waals surface area (Å²) in [7, 11) is -3.55. The highest BCUT2D eigenvalue weighted by Crippen LogP contribution is 2.25. The zero-order chi connectivity index (χ0) is 15.5. The van der Waals surface area contributed by atoms with Crippen LogP contribution in [0.2, 0.25) is 0 Å². The van der Waals surface area contributed by atoms with E-state index in [1.807, 2.05) is 13.0 Å². The number of nitrogens with two attached hydrogens (primary N) is 1. The van der Waals surface area contributed by atoms with Crippen molar-refractivity contribution >= 4 is 15.7 Å². The van der Waals surface area contributed by atoms with Crippen molar-refractivity contribution in [3.63, 3.8) is 0 Å². The predicted octanol–water partition coefficient (Wildman–Crippen LogP) is 3.05. The van der Waals surface area contributed by atoms with Crippen molar-refractivity contribution in [3.05, 3.63) is 34.9 Å². The highest BCUT2D eigenvalue weighted by atomic mass is 32.2. The van der Waals surface area contributed by atoms with Crippen LogP contribution in [-0.4, -0.2) is 15.0 Å². The van der Waals surface area contributed by atoms with Crippen LogP contribution in [0.15, 0.2) is 28.7 Å². The Morgan fingerprint density at radius 1 is 1.24 bits per heavy atom. The molecule has 1 aliphatic rings. The summed E-state index contributed by atoms with van der Waals surface area (Å²) in [6.07, 6.45) is 7.68. The average molecular weight is 308 g/mol. The van der Waals surface area contributed by atoms with Crippen LogP contribution in [0, 0.1) is 13.8 Å². The van der Waals surface area contributed by atoms with E-state index in [1.54, 1.807) is 13.0 Å². The van der Waals surface area contributed by atoms with Crippen LogP contribution in [0.3, 0.4) is 0 Å². The van der Waals surface area contributed by atoms with Crippen molar-refractivity contribution in [2.45, 2.75) is 50.8 Å². The number of benzene rings is 1. The maximum absolute atomic E-state index is 12.5. The van der Waals surface area contributed by atoms with Crippen molar-refractivity contribution in [2.75, 3.05) is 12.3 Å². The number of rotatable bonds is 5. The highest BCUT2D eigenvalue weighted by Gasteiger charge is 2.20. The van der Waals surface area contributed by atoms with E-state index >= 15 is 0 Å². The van der Waals surface area contributed by atoms with Gasteiger partial charge in [0.15, 0.2) is 0 Å². The van der Waals surface area contributed by atoms with E-state index in [9.17, 15) is 8.42 Å². The number of hydrogen-bond donors (Lipinski definition) is 2. The number of allylic oxidation sites excluding steroid dienone is 1. The normalized spacial score (nSPS) is 15.8. The van der Waals surface area contributed by atoms with Gasteiger partial charge in [-0.2, -0.15) is 0 Å². The SMILES string of the molecule is Cc1ccc(N)c(S(=O)(=O)NCCC2=CCCCC2)c1C. The van der Waals surface area contributed by atoms with Gasteiger partial charge in [-0.15, -0.1) is 0 Å². The highest BCUT2D eigenvalue weighted by molar-refractivity contribution is 7.89. The maximum atomic E-state index is 12.5. The molecule has 0 saturated carbocycles. The molecular weight excluding hydrogens is 284 g/mol. The molecule has 0 aliphatic heterocycles. The van der Waals surface area contributed by atoms with Gasteiger partial charge >= 0.3 is 0 Å². The topological polar surface area (TPSA) is 72.2 Å². The molecule has 0 aromatic heterocycles. The second-order valence-electron chi connectivity index (χ2n) is 5.68. The molecule has 1 aromatic rings. The summed E-state index contributed by atoms with van der Waals surface area (Å²) in [5.74, 6) is 0. The van der Waals surface area contributed by atoms with E-state index in [2.05, 4.69) is 10.8 Å². The Morgan fingerprint density at radius 3 is 2.67 bits per heavy atom. The summed E-state index contributed by atoms with van der Waals surface area (Å²) in [6, 6.07) is 3.50.